The molecule has 1 atom stereocenters. The Hall–Kier alpha value is -2.63. The molecule has 116 valence electrons. The largest absolute Gasteiger partial charge is 0.481 e. The number of aliphatic carboxylic acids is 1. The van der Waals surface area contributed by atoms with Gasteiger partial charge in [-0.1, -0.05) is 25.1 Å². The average molecular weight is 301 g/mol. The number of carboxylic acids is 1. The lowest BCUT2D eigenvalue weighted by molar-refractivity contribution is -0.142. The minimum atomic E-state index is -0.858. The van der Waals surface area contributed by atoms with Crippen LogP contribution in [0, 0.1) is 5.92 Å². The van der Waals surface area contributed by atoms with E-state index in [1.54, 1.807) is 23.9 Å². The van der Waals surface area contributed by atoms with Crippen LogP contribution in [0.5, 0.6) is 0 Å². The second kappa shape index (κ2) is 7.40. The Bertz CT molecular complexity index is 637. The van der Waals surface area contributed by atoms with E-state index >= 15 is 0 Å². The molecule has 0 aliphatic rings. The highest BCUT2D eigenvalue weighted by Crippen LogP contribution is 2.13. The Kier molecular flexibility index (Phi) is 5.30. The Labute approximate surface area is 128 Å². The van der Waals surface area contributed by atoms with Gasteiger partial charge in [0.05, 0.1) is 11.6 Å². The van der Waals surface area contributed by atoms with Crippen molar-refractivity contribution in [3.8, 4) is 5.69 Å². The number of rotatable bonds is 7. The molecule has 2 rings (SSSR count). The van der Waals surface area contributed by atoms with Crippen molar-refractivity contribution in [1.82, 2.24) is 9.78 Å². The first-order valence-corrected chi connectivity index (χ1v) is 7.24. The van der Waals surface area contributed by atoms with Gasteiger partial charge >= 0.3 is 5.97 Å². The molecule has 2 N–H and O–H groups in total. The van der Waals surface area contributed by atoms with Crippen LogP contribution in [-0.2, 0) is 9.59 Å². The lowest BCUT2D eigenvalue weighted by atomic mass is 10.0. The number of carbonyl (C=O) groups is 2. The van der Waals surface area contributed by atoms with Crippen LogP contribution in [0.2, 0.25) is 0 Å². The quantitative estimate of drug-likeness (QED) is 0.823. The number of hydrogen-bond donors (Lipinski definition) is 2. The fourth-order valence-corrected chi connectivity index (χ4v) is 2.13. The fraction of sp³-hybridized carbons (Fsp3) is 0.312. The highest BCUT2D eigenvalue weighted by atomic mass is 16.4. The number of hydrogen-bond acceptors (Lipinski definition) is 3. The van der Waals surface area contributed by atoms with Crippen molar-refractivity contribution in [1.29, 1.82) is 0 Å². The summed E-state index contributed by atoms with van der Waals surface area (Å²) in [6, 6.07) is 11.3. The van der Waals surface area contributed by atoms with E-state index in [1.165, 1.54) is 0 Å². The molecule has 0 fully saturated rings. The van der Waals surface area contributed by atoms with Crippen LogP contribution >= 0.6 is 0 Å². The van der Waals surface area contributed by atoms with Crippen LogP contribution in [0.25, 0.3) is 5.69 Å². The Morgan fingerprint density at radius 1 is 1.27 bits per heavy atom. The zero-order chi connectivity index (χ0) is 15.9. The van der Waals surface area contributed by atoms with Crippen molar-refractivity contribution < 1.29 is 14.7 Å². The van der Waals surface area contributed by atoms with Crippen LogP contribution < -0.4 is 5.32 Å². The minimum Gasteiger partial charge on any atom is -0.481 e. The first-order valence-electron chi connectivity index (χ1n) is 7.24. The first kappa shape index (κ1) is 15.8. The predicted molar refractivity (Wildman–Crippen MR) is 82.8 cm³/mol. The Morgan fingerprint density at radius 3 is 2.64 bits per heavy atom. The summed E-state index contributed by atoms with van der Waals surface area (Å²) in [5, 5.41) is 15.9. The summed E-state index contributed by atoms with van der Waals surface area (Å²) in [6.45, 7) is 1.80. The van der Waals surface area contributed by atoms with E-state index in [4.69, 9.17) is 5.11 Å². The lowest BCUT2D eigenvalue weighted by Crippen LogP contribution is -2.18. The third-order valence-electron chi connectivity index (χ3n) is 3.44. The van der Waals surface area contributed by atoms with Crippen molar-refractivity contribution in [2.45, 2.75) is 26.2 Å². The van der Waals surface area contributed by atoms with Gasteiger partial charge in [-0.05, 0) is 25.0 Å². The number of anilines is 1. The molecule has 0 spiro atoms. The van der Waals surface area contributed by atoms with Crippen molar-refractivity contribution in [3.63, 3.8) is 0 Å². The molecule has 0 radical (unpaired) electrons. The maximum atomic E-state index is 11.8. The van der Waals surface area contributed by atoms with Gasteiger partial charge in [-0.25, -0.2) is 4.68 Å². The van der Waals surface area contributed by atoms with Crippen LogP contribution in [-0.4, -0.2) is 26.8 Å². The maximum absolute atomic E-state index is 11.8. The molecule has 6 heteroatoms. The summed E-state index contributed by atoms with van der Waals surface area (Å²) in [6.07, 6.45) is 2.78. The van der Waals surface area contributed by atoms with E-state index in [0.717, 1.165) is 5.69 Å². The van der Waals surface area contributed by atoms with Crippen LogP contribution in [0.3, 0.4) is 0 Å². The van der Waals surface area contributed by atoms with Gasteiger partial charge in [0.25, 0.3) is 0 Å². The Morgan fingerprint density at radius 2 is 2.00 bits per heavy atom. The van der Waals surface area contributed by atoms with Crippen LogP contribution in [0.4, 0.5) is 5.82 Å². The molecule has 1 amide bonds. The fourth-order valence-electron chi connectivity index (χ4n) is 2.13. The number of carboxylic acid groups (broad SMARTS) is 1. The number of para-hydroxylation sites is 1. The molecule has 0 saturated heterocycles. The van der Waals surface area contributed by atoms with Gasteiger partial charge in [0.15, 0.2) is 5.82 Å². The van der Waals surface area contributed by atoms with Gasteiger partial charge < -0.3 is 10.4 Å². The SMILES string of the molecule is CC[C@@H](CCC(=O)Nc1ccn(-c2ccccc2)n1)C(=O)O. The number of nitrogens with one attached hydrogen (secondary N) is 1. The molecule has 0 aliphatic carbocycles. The monoisotopic (exact) mass is 301 g/mol. The molecule has 0 saturated carbocycles. The maximum Gasteiger partial charge on any atom is 0.306 e. The average Bonchev–Trinajstić information content (AvgIpc) is 2.97. The summed E-state index contributed by atoms with van der Waals surface area (Å²) >= 11 is 0. The van der Waals surface area contributed by atoms with E-state index in [0.29, 0.717) is 18.7 Å². The zero-order valence-electron chi connectivity index (χ0n) is 12.4. The zero-order valence-corrected chi connectivity index (χ0v) is 12.4. The normalized spacial score (nSPS) is 11.9. The molecule has 0 aliphatic heterocycles. The molecule has 22 heavy (non-hydrogen) atoms. The van der Waals surface area contributed by atoms with Crippen molar-refractivity contribution in [2.75, 3.05) is 5.32 Å². The number of carbonyl (C=O) groups excluding carboxylic acids is 1. The second-order valence-corrected chi connectivity index (χ2v) is 5.01. The predicted octanol–water partition coefficient (Wildman–Crippen LogP) is 2.70. The third-order valence-corrected chi connectivity index (χ3v) is 3.44. The third kappa shape index (κ3) is 4.18. The van der Waals surface area contributed by atoms with Crippen LogP contribution in [0.15, 0.2) is 42.6 Å². The van der Waals surface area contributed by atoms with Gasteiger partial charge in [0, 0.05) is 18.7 Å². The molecular weight excluding hydrogens is 282 g/mol. The molecular formula is C16H19N3O3. The number of nitrogens with zero attached hydrogens (tertiary/aromatic N) is 2. The van der Waals surface area contributed by atoms with Gasteiger partial charge in [-0.2, -0.15) is 5.10 Å². The molecule has 0 unspecified atom stereocenters. The van der Waals surface area contributed by atoms with E-state index < -0.39 is 11.9 Å². The smallest absolute Gasteiger partial charge is 0.306 e. The summed E-state index contributed by atoms with van der Waals surface area (Å²) in [5.74, 6) is -1.11. The molecule has 2 aromatic rings. The van der Waals surface area contributed by atoms with E-state index in [1.807, 2.05) is 30.3 Å². The van der Waals surface area contributed by atoms with Gasteiger partial charge in [0.1, 0.15) is 0 Å². The van der Waals surface area contributed by atoms with E-state index in [2.05, 4.69) is 10.4 Å². The summed E-state index contributed by atoms with van der Waals surface area (Å²) in [5.41, 5.74) is 0.903. The highest BCUT2D eigenvalue weighted by molar-refractivity contribution is 5.90. The Balaban J connectivity index is 1.90. The number of aromatic nitrogens is 2. The second-order valence-electron chi connectivity index (χ2n) is 5.01. The number of amides is 1. The first-order chi connectivity index (χ1) is 10.6. The lowest BCUT2D eigenvalue weighted by Gasteiger charge is -2.08. The molecule has 1 aromatic heterocycles. The molecule has 1 heterocycles. The standard InChI is InChI=1S/C16H19N3O3/c1-2-12(16(21)22)8-9-15(20)17-14-10-11-19(18-14)13-6-4-3-5-7-13/h3-7,10-12H,2,8-9H2,1H3,(H,21,22)(H,17,18,20)/t12-/m0/s1. The molecule has 0 bridgehead atoms. The van der Waals surface area contributed by atoms with Gasteiger partial charge in [0.2, 0.25) is 5.91 Å². The molecule has 1 aromatic carbocycles. The molecule has 6 nitrogen and oxygen atoms in total. The topological polar surface area (TPSA) is 84.2 Å². The summed E-state index contributed by atoms with van der Waals surface area (Å²) in [7, 11) is 0. The van der Waals surface area contributed by atoms with Crippen molar-refractivity contribution >= 4 is 17.7 Å². The van der Waals surface area contributed by atoms with Gasteiger partial charge in [-0.15, -0.1) is 0 Å². The number of benzene rings is 1. The van der Waals surface area contributed by atoms with E-state index in [-0.39, 0.29) is 12.3 Å². The van der Waals surface area contributed by atoms with Crippen LogP contribution in [0.1, 0.15) is 26.2 Å². The summed E-state index contributed by atoms with van der Waals surface area (Å²) in [4.78, 5) is 22.8. The minimum absolute atomic E-state index is 0.170. The summed E-state index contributed by atoms with van der Waals surface area (Å²) < 4.78 is 1.67. The van der Waals surface area contributed by atoms with Crippen molar-refractivity contribution in [2.24, 2.45) is 5.92 Å². The van der Waals surface area contributed by atoms with Crippen molar-refractivity contribution in [3.05, 3.63) is 42.6 Å². The van der Waals surface area contributed by atoms with E-state index in [9.17, 15) is 9.59 Å². The van der Waals surface area contributed by atoms with Gasteiger partial charge in [-0.3, -0.25) is 9.59 Å². The highest BCUT2D eigenvalue weighted by Gasteiger charge is 2.16.